The van der Waals surface area contributed by atoms with Crippen LogP contribution in [0.2, 0.25) is 0 Å². The van der Waals surface area contributed by atoms with Gasteiger partial charge in [0.25, 0.3) is 5.91 Å². The number of carbonyl (C=O) groups excluding carboxylic acids is 1. The smallest absolute Gasteiger partial charge is 0.273 e. The van der Waals surface area contributed by atoms with Crippen LogP contribution < -0.4 is 4.72 Å². The van der Waals surface area contributed by atoms with Crippen molar-refractivity contribution in [1.82, 2.24) is 14.6 Å². The molecule has 1 aromatic rings. The molecular formula is C9H13N3O4S2. The summed E-state index contributed by atoms with van der Waals surface area (Å²) in [5.41, 5.74) is 1.86. The van der Waals surface area contributed by atoms with Gasteiger partial charge in [0.05, 0.1) is 23.9 Å². The number of amides is 1. The molecule has 2 rings (SSSR count). The first kappa shape index (κ1) is 13.4. The number of β-amino-alcohol motifs (C(OH)–C–C–N with tert-alkyl or cyclic N) is 1. The number of sulfonamides is 1. The number of aliphatic hydroxyl groups is 1. The van der Waals surface area contributed by atoms with Gasteiger partial charge >= 0.3 is 0 Å². The van der Waals surface area contributed by atoms with Gasteiger partial charge in [0.15, 0.2) is 0 Å². The maximum Gasteiger partial charge on any atom is 0.273 e. The van der Waals surface area contributed by atoms with Crippen LogP contribution in [0.5, 0.6) is 0 Å². The molecule has 0 aliphatic carbocycles. The predicted molar refractivity (Wildman–Crippen MR) is 65.8 cm³/mol. The molecule has 2 heterocycles. The highest BCUT2D eigenvalue weighted by Crippen LogP contribution is 2.15. The van der Waals surface area contributed by atoms with Crippen LogP contribution in [0.3, 0.4) is 0 Å². The third kappa shape index (κ3) is 3.05. The van der Waals surface area contributed by atoms with Gasteiger partial charge in [-0.3, -0.25) is 4.79 Å². The molecule has 2 atom stereocenters. The zero-order valence-corrected chi connectivity index (χ0v) is 11.2. The summed E-state index contributed by atoms with van der Waals surface area (Å²) in [4.78, 5) is 17.2. The molecule has 1 amide bonds. The fourth-order valence-electron chi connectivity index (χ4n) is 1.82. The number of hydrogen-bond acceptors (Lipinski definition) is 6. The molecular weight excluding hydrogens is 278 g/mol. The molecule has 1 fully saturated rings. The first-order valence-electron chi connectivity index (χ1n) is 5.19. The maximum absolute atomic E-state index is 11.9. The fourth-order valence-corrected chi connectivity index (χ4v) is 3.13. The summed E-state index contributed by atoms with van der Waals surface area (Å²) in [7, 11) is -3.40. The van der Waals surface area contributed by atoms with Gasteiger partial charge in [0, 0.05) is 18.5 Å². The van der Waals surface area contributed by atoms with Gasteiger partial charge in [-0.05, 0) is 0 Å². The molecule has 1 aliphatic heterocycles. The number of nitrogens with zero attached hydrogens (tertiary/aromatic N) is 2. The Hall–Kier alpha value is -1.03. The zero-order chi connectivity index (χ0) is 13.3. The first-order valence-corrected chi connectivity index (χ1v) is 8.03. The largest absolute Gasteiger partial charge is 0.390 e. The van der Waals surface area contributed by atoms with Gasteiger partial charge in [-0.2, -0.15) is 0 Å². The number of hydrogen-bond donors (Lipinski definition) is 2. The topological polar surface area (TPSA) is 99.6 Å². The summed E-state index contributed by atoms with van der Waals surface area (Å²) < 4.78 is 24.5. The van der Waals surface area contributed by atoms with Crippen molar-refractivity contribution in [1.29, 1.82) is 0 Å². The molecule has 1 saturated heterocycles. The van der Waals surface area contributed by atoms with Crippen LogP contribution in [-0.4, -0.2) is 60.8 Å². The summed E-state index contributed by atoms with van der Waals surface area (Å²) in [6.07, 6.45) is 0.118. The molecule has 0 radical (unpaired) electrons. The number of carbonyl (C=O) groups is 1. The maximum atomic E-state index is 11.9. The molecule has 0 spiro atoms. The number of rotatable bonds is 3. The normalized spacial score (nSPS) is 24.4. The van der Waals surface area contributed by atoms with Crippen LogP contribution in [0.15, 0.2) is 10.9 Å². The summed E-state index contributed by atoms with van der Waals surface area (Å²) in [5.74, 6) is -0.298. The number of likely N-dealkylation sites (tertiary alicyclic amines) is 1. The van der Waals surface area contributed by atoms with E-state index in [1.807, 2.05) is 0 Å². The Morgan fingerprint density at radius 2 is 2.33 bits per heavy atom. The minimum atomic E-state index is -3.40. The van der Waals surface area contributed by atoms with Crippen molar-refractivity contribution >= 4 is 27.3 Å². The van der Waals surface area contributed by atoms with Crippen LogP contribution in [-0.2, 0) is 10.0 Å². The van der Waals surface area contributed by atoms with Crippen molar-refractivity contribution in [2.24, 2.45) is 0 Å². The van der Waals surface area contributed by atoms with Gasteiger partial charge in [-0.1, -0.05) is 0 Å². The SMILES string of the molecule is CS(=O)(=O)N[C@@H]1CN(C(=O)c2cscn2)C[C@H]1O. The second kappa shape index (κ2) is 4.92. The highest BCUT2D eigenvalue weighted by Gasteiger charge is 2.36. The van der Waals surface area contributed by atoms with Crippen molar-refractivity contribution in [2.75, 3.05) is 19.3 Å². The molecule has 0 saturated carbocycles. The fraction of sp³-hybridized carbons (Fsp3) is 0.556. The first-order chi connectivity index (χ1) is 8.37. The summed E-state index contributed by atoms with van der Waals surface area (Å²) in [6, 6.07) is -0.664. The predicted octanol–water partition coefficient (Wildman–Crippen LogP) is -1.12. The minimum Gasteiger partial charge on any atom is -0.390 e. The number of thiazole rings is 1. The molecule has 18 heavy (non-hydrogen) atoms. The van der Waals surface area contributed by atoms with E-state index in [0.29, 0.717) is 5.69 Å². The van der Waals surface area contributed by atoms with Crippen LogP contribution in [0, 0.1) is 0 Å². The lowest BCUT2D eigenvalue weighted by atomic mass is 10.2. The van der Waals surface area contributed by atoms with E-state index in [0.717, 1.165) is 6.26 Å². The van der Waals surface area contributed by atoms with E-state index in [-0.39, 0.29) is 19.0 Å². The lowest BCUT2D eigenvalue weighted by Gasteiger charge is -2.14. The van der Waals surface area contributed by atoms with E-state index in [4.69, 9.17) is 0 Å². The third-order valence-electron chi connectivity index (χ3n) is 2.59. The zero-order valence-electron chi connectivity index (χ0n) is 9.61. The summed E-state index contributed by atoms with van der Waals surface area (Å²) >= 11 is 1.31. The second-order valence-electron chi connectivity index (χ2n) is 4.15. The Morgan fingerprint density at radius 3 is 2.89 bits per heavy atom. The van der Waals surface area contributed by atoms with Gasteiger partial charge in [-0.25, -0.2) is 18.1 Å². The molecule has 9 heteroatoms. The van der Waals surface area contributed by atoms with Gasteiger partial charge in [0.2, 0.25) is 10.0 Å². The van der Waals surface area contributed by atoms with E-state index in [1.165, 1.54) is 16.2 Å². The van der Waals surface area contributed by atoms with E-state index in [2.05, 4.69) is 9.71 Å². The average molecular weight is 291 g/mol. The molecule has 100 valence electrons. The Kier molecular flexibility index (Phi) is 3.66. The van der Waals surface area contributed by atoms with E-state index >= 15 is 0 Å². The van der Waals surface area contributed by atoms with Crippen molar-refractivity contribution in [3.05, 3.63) is 16.6 Å². The second-order valence-corrected chi connectivity index (χ2v) is 6.65. The summed E-state index contributed by atoms with van der Waals surface area (Å²) in [5, 5.41) is 11.3. The third-order valence-corrected chi connectivity index (χ3v) is 3.91. The molecule has 0 aromatic carbocycles. The Bertz CT molecular complexity index is 528. The quantitative estimate of drug-likeness (QED) is 0.734. The Morgan fingerprint density at radius 1 is 1.61 bits per heavy atom. The lowest BCUT2D eigenvalue weighted by molar-refractivity contribution is 0.0760. The van der Waals surface area contributed by atoms with Gasteiger partial charge < -0.3 is 10.0 Å². The highest BCUT2D eigenvalue weighted by molar-refractivity contribution is 7.88. The van der Waals surface area contributed by atoms with E-state index in [1.54, 1.807) is 10.9 Å². The van der Waals surface area contributed by atoms with Crippen LogP contribution >= 0.6 is 11.3 Å². The van der Waals surface area contributed by atoms with E-state index in [9.17, 15) is 18.3 Å². The number of aromatic nitrogens is 1. The highest BCUT2D eigenvalue weighted by atomic mass is 32.2. The van der Waals surface area contributed by atoms with Crippen LogP contribution in [0.1, 0.15) is 10.5 Å². The number of aliphatic hydroxyl groups excluding tert-OH is 1. The molecule has 0 unspecified atom stereocenters. The number of nitrogens with one attached hydrogen (secondary N) is 1. The average Bonchev–Trinajstić information content (AvgIpc) is 2.86. The summed E-state index contributed by atoms with van der Waals surface area (Å²) in [6.45, 7) is 0.244. The van der Waals surface area contributed by atoms with Crippen molar-refractivity contribution in [3.8, 4) is 0 Å². The molecule has 7 nitrogen and oxygen atoms in total. The molecule has 1 aromatic heterocycles. The van der Waals surface area contributed by atoms with Crippen molar-refractivity contribution in [3.63, 3.8) is 0 Å². The molecule has 2 N–H and O–H groups in total. The van der Waals surface area contributed by atoms with Gasteiger partial charge in [-0.15, -0.1) is 11.3 Å². The molecule has 0 bridgehead atoms. The standard InChI is InChI=1S/C9H13N3O4S2/c1-18(15,16)11-6-2-12(3-8(6)13)9(14)7-4-17-5-10-7/h4-6,8,11,13H,2-3H2,1H3/t6-,8-/m1/s1. The lowest BCUT2D eigenvalue weighted by Crippen LogP contribution is -2.42. The van der Waals surface area contributed by atoms with Gasteiger partial charge in [0.1, 0.15) is 5.69 Å². The van der Waals surface area contributed by atoms with Crippen LogP contribution in [0.25, 0.3) is 0 Å². The van der Waals surface area contributed by atoms with E-state index < -0.39 is 22.2 Å². The Balaban J connectivity index is 2.05. The monoisotopic (exact) mass is 291 g/mol. The molecule has 1 aliphatic rings. The Labute approximate surface area is 109 Å². The van der Waals surface area contributed by atoms with Crippen molar-refractivity contribution in [2.45, 2.75) is 12.1 Å². The minimum absolute atomic E-state index is 0.101. The van der Waals surface area contributed by atoms with Crippen LogP contribution in [0.4, 0.5) is 0 Å². The van der Waals surface area contributed by atoms with Crippen molar-refractivity contribution < 1.29 is 18.3 Å².